The summed E-state index contributed by atoms with van der Waals surface area (Å²) >= 11 is 0. The minimum Gasteiger partial charge on any atom is -0.449 e. The Bertz CT molecular complexity index is 2510. The number of benzene rings is 6. The van der Waals surface area contributed by atoms with Crippen LogP contribution in [0.15, 0.2) is 159 Å². The largest absolute Gasteiger partial charge is 0.449 e. The first-order chi connectivity index (χ1) is 24.9. The molecule has 0 fully saturated rings. The van der Waals surface area contributed by atoms with E-state index < -0.39 is 0 Å². The molecule has 6 aromatic carbocycles. The first-order valence-corrected chi connectivity index (χ1v) is 17.1. The molecule has 0 saturated heterocycles. The molecule has 1 aromatic heterocycles. The molecule has 1 aliphatic carbocycles. The van der Waals surface area contributed by atoms with Gasteiger partial charge in [-0.3, -0.25) is 0 Å². The van der Waals surface area contributed by atoms with Gasteiger partial charge in [-0.1, -0.05) is 148 Å². The average molecular weight is 659 g/mol. The molecule has 2 heterocycles. The summed E-state index contributed by atoms with van der Waals surface area (Å²) in [7, 11) is 0. The first kappa shape index (κ1) is 30.5. The van der Waals surface area contributed by atoms with E-state index in [0.29, 0.717) is 23.1 Å². The first-order valence-electron chi connectivity index (χ1n) is 17.1. The van der Waals surface area contributed by atoms with E-state index in [1.807, 2.05) is 48.5 Å². The van der Waals surface area contributed by atoms with E-state index in [1.54, 1.807) is 6.08 Å². The van der Waals surface area contributed by atoms with Crippen LogP contribution in [0.2, 0.25) is 0 Å². The van der Waals surface area contributed by atoms with Crippen LogP contribution in [0.1, 0.15) is 30.5 Å². The summed E-state index contributed by atoms with van der Waals surface area (Å²) in [6.07, 6.45) is 1.77. The number of hydrogen-bond acceptors (Lipinski definition) is 4. The fraction of sp³-hybridized carbons (Fsp3) is 0.0638. The summed E-state index contributed by atoms with van der Waals surface area (Å²) in [6, 6.07) is 47.8. The molecule has 0 bridgehead atoms. The summed E-state index contributed by atoms with van der Waals surface area (Å²) in [5.74, 6) is 3.19. The third-order valence-electron chi connectivity index (χ3n) is 10.1. The van der Waals surface area contributed by atoms with Crippen LogP contribution in [0.4, 0.5) is 0 Å². The average Bonchev–Trinajstić information content (AvgIpc) is 3.43. The number of fused-ring (bicyclic) bond motifs is 6. The summed E-state index contributed by atoms with van der Waals surface area (Å²) in [4.78, 5) is 10.3. The molecular weight excluding hydrogens is 625 g/mol. The van der Waals surface area contributed by atoms with E-state index in [9.17, 15) is 0 Å². The van der Waals surface area contributed by atoms with Crippen LogP contribution in [0.25, 0.3) is 61.7 Å². The predicted octanol–water partition coefficient (Wildman–Crippen LogP) is 12.5. The minimum atomic E-state index is -0.167. The van der Waals surface area contributed by atoms with Gasteiger partial charge in [-0.05, 0) is 63.2 Å². The number of nitrogens with zero attached hydrogens (tertiary/aromatic N) is 2. The molecule has 1 aliphatic heterocycles. The van der Waals surface area contributed by atoms with Gasteiger partial charge >= 0.3 is 0 Å². The van der Waals surface area contributed by atoms with Crippen molar-refractivity contribution >= 4 is 5.57 Å². The molecule has 0 saturated carbocycles. The molecule has 244 valence electrons. The summed E-state index contributed by atoms with van der Waals surface area (Å²) < 4.78 is 13.5. The monoisotopic (exact) mass is 658 g/mol. The number of aromatic nitrogens is 2. The number of allylic oxidation sites excluding steroid dienone is 2. The SMILES string of the molecule is C=CC(=C)c1ccc(-c2cc(-c3ccc(-c4ccccc4)cc3)nc(-c3cccc4c3Oc3c(ccc5c3-c3ccccc3C5(C)C)O4)n2)cc1. The van der Waals surface area contributed by atoms with E-state index >= 15 is 0 Å². The Morgan fingerprint density at radius 2 is 1.18 bits per heavy atom. The molecule has 7 aromatic rings. The van der Waals surface area contributed by atoms with Crippen LogP contribution in [0.5, 0.6) is 23.0 Å². The van der Waals surface area contributed by atoms with Crippen molar-refractivity contribution in [2.45, 2.75) is 19.3 Å². The number of ether oxygens (including phenoxy) is 2. The Labute approximate surface area is 298 Å². The number of hydrogen-bond donors (Lipinski definition) is 0. The molecule has 51 heavy (non-hydrogen) atoms. The van der Waals surface area contributed by atoms with Crippen LogP contribution in [-0.2, 0) is 5.41 Å². The molecule has 0 unspecified atom stereocenters. The van der Waals surface area contributed by atoms with Gasteiger partial charge in [0.15, 0.2) is 28.8 Å². The van der Waals surface area contributed by atoms with Gasteiger partial charge in [-0.15, -0.1) is 0 Å². The van der Waals surface area contributed by atoms with Crippen molar-refractivity contribution in [3.8, 4) is 79.2 Å². The van der Waals surface area contributed by atoms with E-state index in [1.165, 1.54) is 22.3 Å². The maximum atomic E-state index is 6.94. The summed E-state index contributed by atoms with van der Waals surface area (Å²) in [5, 5.41) is 0. The van der Waals surface area contributed by atoms with Gasteiger partial charge in [0.25, 0.3) is 0 Å². The molecule has 0 atom stereocenters. The molecule has 4 heteroatoms. The fourth-order valence-electron chi connectivity index (χ4n) is 7.32. The lowest BCUT2D eigenvalue weighted by Crippen LogP contribution is -2.15. The highest BCUT2D eigenvalue weighted by atomic mass is 16.6. The summed E-state index contributed by atoms with van der Waals surface area (Å²) in [6.45, 7) is 12.5. The van der Waals surface area contributed by atoms with Gasteiger partial charge < -0.3 is 9.47 Å². The normalized spacial score (nSPS) is 13.1. The number of rotatable bonds is 6. The van der Waals surface area contributed by atoms with Crippen LogP contribution in [0.3, 0.4) is 0 Å². The minimum absolute atomic E-state index is 0.167. The molecule has 0 amide bonds. The van der Waals surface area contributed by atoms with Gasteiger partial charge in [-0.25, -0.2) is 9.97 Å². The van der Waals surface area contributed by atoms with E-state index in [0.717, 1.165) is 56.1 Å². The maximum absolute atomic E-state index is 6.94. The Hall–Kier alpha value is -6.52. The second-order valence-corrected chi connectivity index (χ2v) is 13.5. The van der Waals surface area contributed by atoms with Crippen LogP contribution < -0.4 is 9.47 Å². The lowest BCUT2D eigenvalue weighted by molar-refractivity contribution is 0.361. The lowest BCUT2D eigenvalue weighted by Gasteiger charge is -2.26. The molecular formula is C47H34N2O2. The smallest absolute Gasteiger partial charge is 0.181 e. The van der Waals surface area contributed by atoms with Crippen LogP contribution in [-0.4, -0.2) is 9.97 Å². The van der Waals surface area contributed by atoms with Crippen molar-refractivity contribution in [2.75, 3.05) is 0 Å². The van der Waals surface area contributed by atoms with E-state index in [4.69, 9.17) is 19.4 Å². The van der Waals surface area contributed by atoms with Gasteiger partial charge in [0.1, 0.15) is 0 Å². The summed E-state index contributed by atoms with van der Waals surface area (Å²) in [5.41, 5.74) is 13.1. The van der Waals surface area contributed by atoms with E-state index in [-0.39, 0.29) is 5.41 Å². The zero-order valence-corrected chi connectivity index (χ0v) is 28.5. The highest BCUT2D eigenvalue weighted by Crippen LogP contribution is 2.59. The van der Waals surface area contributed by atoms with Crippen molar-refractivity contribution in [2.24, 2.45) is 0 Å². The zero-order valence-electron chi connectivity index (χ0n) is 28.5. The highest BCUT2D eigenvalue weighted by molar-refractivity contribution is 5.89. The molecule has 0 N–H and O–H groups in total. The van der Waals surface area contributed by atoms with Crippen molar-refractivity contribution in [1.82, 2.24) is 9.97 Å². The van der Waals surface area contributed by atoms with Crippen molar-refractivity contribution in [1.29, 1.82) is 0 Å². The van der Waals surface area contributed by atoms with Crippen molar-refractivity contribution in [3.63, 3.8) is 0 Å². The standard InChI is InChI=1S/C47H34N2O2/c1-5-29(2)30-18-22-33(23-19-30)39-28-40(34-24-20-32(21-25-34)31-12-7-6-8-13-31)49-46(48-39)36-15-11-17-41-44(36)51-45-42(50-41)27-26-38-43(45)35-14-9-10-16-37(35)47(38,3)4/h5-28H,1-2H2,3-4H3. The Balaban J connectivity index is 1.18. The quantitative estimate of drug-likeness (QED) is 0.167. The second-order valence-electron chi connectivity index (χ2n) is 13.5. The molecule has 9 rings (SSSR count). The molecule has 0 radical (unpaired) electrons. The van der Waals surface area contributed by atoms with Gasteiger partial charge in [0.05, 0.1) is 17.0 Å². The second kappa shape index (κ2) is 11.8. The Morgan fingerprint density at radius 1 is 0.569 bits per heavy atom. The fourth-order valence-corrected chi connectivity index (χ4v) is 7.32. The molecule has 0 spiro atoms. The van der Waals surface area contributed by atoms with Crippen LogP contribution in [0, 0.1) is 0 Å². The maximum Gasteiger partial charge on any atom is 0.181 e. The van der Waals surface area contributed by atoms with Crippen molar-refractivity contribution < 1.29 is 9.47 Å². The molecule has 4 nitrogen and oxygen atoms in total. The van der Waals surface area contributed by atoms with Gasteiger partial charge in [-0.2, -0.15) is 0 Å². The topological polar surface area (TPSA) is 44.2 Å². The molecule has 2 aliphatic rings. The third-order valence-corrected chi connectivity index (χ3v) is 10.1. The highest BCUT2D eigenvalue weighted by Gasteiger charge is 2.40. The van der Waals surface area contributed by atoms with Gasteiger partial charge in [0.2, 0.25) is 0 Å². The third kappa shape index (κ3) is 5.07. The number of para-hydroxylation sites is 1. The Morgan fingerprint density at radius 3 is 1.90 bits per heavy atom. The van der Waals surface area contributed by atoms with E-state index in [2.05, 4.69) is 118 Å². The Kier molecular flexibility index (Phi) is 7.08. The zero-order chi connectivity index (χ0) is 34.7. The lowest BCUT2D eigenvalue weighted by atomic mass is 9.82. The van der Waals surface area contributed by atoms with Gasteiger partial charge in [0, 0.05) is 22.1 Å². The van der Waals surface area contributed by atoms with Crippen molar-refractivity contribution in [3.05, 3.63) is 175 Å². The predicted molar refractivity (Wildman–Crippen MR) is 207 cm³/mol. The van der Waals surface area contributed by atoms with Crippen LogP contribution >= 0.6 is 0 Å².